The molecule has 1 fully saturated rings. The van der Waals surface area contributed by atoms with Crippen LogP contribution >= 0.6 is 11.3 Å². The van der Waals surface area contributed by atoms with Gasteiger partial charge in [0.25, 0.3) is 5.91 Å². The number of anilines is 1. The number of hydrogen-bond acceptors (Lipinski definition) is 6. The molecule has 1 atom stereocenters. The van der Waals surface area contributed by atoms with Crippen LogP contribution in [0, 0.1) is 0 Å². The van der Waals surface area contributed by atoms with Crippen LogP contribution in [0.1, 0.15) is 40.2 Å². The number of nitrogens with one attached hydrogen (secondary N) is 1. The third-order valence-electron chi connectivity index (χ3n) is 4.82. The van der Waals surface area contributed by atoms with Gasteiger partial charge in [-0.2, -0.15) is 5.10 Å². The molecule has 9 heteroatoms. The van der Waals surface area contributed by atoms with E-state index in [1.165, 1.54) is 18.3 Å². The summed E-state index contributed by atoms with van der Waals surface area (Å²) in [7, 11) is -3.09. The van der Waals surface area contributed by atoms with Crippen molar-refractivity contribution in [2.75, 3.05) is 16.8 Å². The quantitative estimate of drug-likeness (QED) is 0.627. The first-order valence-electron chi connectivity index (χ1n) is 9.08. The molecule has 3 heterocycles. The van der Waals surface area contributed by atoms with Crippen molar-refractivity contribution in [2.24, 2.45) is 0 Å². The van der Waals surface area contributed by atoms with E-state index in [-0.39, 0.29) is 29.0 Å². The average molecular weight is 430 g/mol. The van der Waals surface area contributed by atoms with Crippen molar-refractivity contribution < 1.29 is 18.0 Å². The Labute approximate surface area is 172 Å². The van der Waals surface area contributed by atoms with Crippen molar-refractivity contribution in [2.45, 2.75) is 19.4 Å². The van der Waals surface area contributed by atoms with Gasteiger partial charge in [-0.05, 0) is 43.0 Å². The van der Waals surface area contributed by atoms with Gasteiger partial charge in [-0.3, -0.25) is 14.3 Å². The fraction of sp³-hybridized carbons (Fsp3) is 0.250. The Hall–Kier alpha value is -2.78. The number of Topliss-reactive ketones (excluding diaryl/α,β-unsaturated/α-hetero) is 1. The molecule has 0 radical (unpaired) electrons. The summed E-state index contributed by atoms with van der Waals surface area (Å²) in [6.45, 7) is 1.46. The van der Waals surface area contributed by atoms with Crippen molar-refractivity contribution in [1.29, 1.82) is 0 Å². The number of rotatable bonds is 5. The van der Waals surface area contributed by atoms with Crippen LogP contribution in [0.3, 0.4) is 0 Å². The lowest BCUT2D eigenvalue weighted by molar-refractivity contribution is 0.100. The highest BCUT2D eigenvalue weighted by Crippen LogP contribution is 2.32. The van der Waals surface area contributed by atoms with Gasteiger partial charge in [0.1, 0.15) is 0 Å². The number of benzene rings is 1. The maximum absolute atomic E-state index is 12.8. The summed E-state index contributed by atoms with van der Waals surface area (Å²) in [5.41, 5.74) is 1.93. The number of nitrogens with zero attached hydrogens (tertiary/aromatic N) is 2. The third kappa shape index (κ3) is 4.15. The molecule has 4 rings (SSSR count). The number of thiophene rings is 1. The van der Waals surface area contributed by atoms with Crippen LogP contribution in [0.2, 0.25) is 0 Å². The zero-order chi connectivity index (χ0) is 20.6. The molecular formula is C20H19N3O4S2. The van der Waals surface area contributed by atoms with Crippen LogP contribution in [-0.2, 0) is 9.84 Å². The molecule has 1 aliphatic rings. The Morgan fingerprint density at radius 1 is 1.21 bits per heavy atom. The summed E-state index contributed by atoms with van der Waals surface area (Å²) in [6.07, 6.45) is 0.476. The van der Waals surface area contributed by atoms with E-state index in [0.29, 0.717) is 17.7 Å². The largest absolute Gasteiger partial charge is 0.321 e. The topological polar surface area (TPSA) is 98.1 Å². The van der Waals surface area contributed by atoms with Gasteiger partial charge in [-0.25, -0.2) is 8.42 Å². The molecule has 1 saturated heterocycles. The molecule has 7 nitrogen and oxygen atoms in total. The van der Waals surface area contributed by atoms with Crippen molar-refractivity contribution in [1.82, 2.24) is 9.78 Å². The van der Waals surface area contributed by atoms with E-state index in [9.17, 15) is 18.0 Å². The molecule has 0 spiro atoms. The van der Waals surface area contributed by atoms with Crippen molar-refractivity contribution in [3.63, 3.8) is 0 Å². The van der Waals surface area contributed by atoms with E-state index in [0.717, 1.165) is 10.6 Å². The lowest BCUT2D eigenvalue weighted by atomic mass is 10.1. The number of carbonyl (C=O) groups excluding carboxylic acids is 2. The number of aromatic nitrogens is 2. The van der Waals surface area contributed by atoms with E-state index in [2.05, 4.69) is 10.4 Å². The summed E-state index contributed by atoms with van der Waals surface area (Å²) >= 11 is 1.50. The summed E-state index contributed by atoms with van der Waals surface area (Å²) in [5.74, 6) is -0.355. The third-order valence-corrected chi connectivity index (χ3v) is 7.47. The number of hydrogen-bond donors (Lipinski definition) is 1. The summed E-state index contributed by atoms with van der Waals surface area (Å²) in [5, 5.41) is 9.13. The number of ketones is 1. The Kier molecular flexibility index (Phi) is 5.10. The molecule has 2 aromatic heterocycles. The van der Waals surface area contributed by atoms with Crippen LogP contribution in [0.15, 0.2) is 47.8 Å². The lowest BCUT2D eigenvalue weighted by Crippen LogP contribution is -2.16. The van der Waals surface area contributed by atoms with Gasteiger partial charge >= 0.3 is 0 Å². The minimum atomic E-state index is -3.09. The summed E-state index contributed by atoms with van der Waals surface area (Å²) in [6, 6.07) is 11.9. The molecule has 1 aromatic carbocycles. The first-order valence-corrected chi connectivity index (χ1v) is 11.8. The Balaban J connectivity index is 1.66. The van der Waals surface area contributed by atoms with Gasteiger partial charge in [-0.15, -0.1) is 11.3 Å². The molecule has 0 unspecified atom stereocenters. The minimum absolute atomic E-state index is 0.0226. The molecular weight excluding hydrogens is 410 g/mol. The van der Waals surface area contributed by atoms with E-state index in [1.807, 2.05) is 17.5 Å². The number of sulfone groups is 1. The second-order valence-corrected chi connectivity index (χ2v) is 10.2. The average Bonchev–Trinajstić information content (AvgIpc) is 3.40. The van der Waals surface area contributed by atoms with Gasteiger partial charge in [0.15, 0.2) is 21.3 Å². The molecule has 1 amide bonds. The Bertz CT molecular complexity index is 1180. The molecule has 29 heavy (non-hydrogen) atoms. The number of carbonyl (C=O) groups is 2. The zero-order valence-corrected chi connectivity index (χ0v) is 17.3. The highest BCUT2D eigenvalue weighted by Gasteiger charge is 2.32. The zero-order valence-electron chi connectivity index (χ0n) is 15.7. The molecule has 0 saturated carbocycles. The molecule has 150 valence electrons. The van der Waals surface area contributed by atoms with Crippen LogP contribution in [0.4, 0.5) is 5.69 Å². The van der Waals surface area contributed by atoms with Gasteiger partial charge in [0.05, 0.1) is 28.1 Å². The van der Waals surface area contributed by atoms with Gasteiger partial charge in [-0.1, -0.05) is 18.2 Å². The molecule has 1 aliphatic heterocycles. The van der Waals surface area contributed by atoms with Gasteiger partial charge < -0.3 is 5.32 Å². The highest BCUT2D eigenvalue weighted by atomic mass is 32.2. The van der Waals surface area contributed by atoms with E-state index in [4.69, 9.17) is 0 Å². The van der Waals surface area contributed by atoms with Crippen molar-refractivity contribution in [3.8, 4) is 10.6 Å². The molecule has 0 bridgehead atoms. The maximum atomic E-state index is 12.8. The minimum Gasteiger partial charge on any atom is -0.321 e. The molecule has 0 aliphatic carbocycles. The lowest BCUT2D eigenvalue weighted by Gasteiger charge is -2.12. The van der Waals surface area contributed by atoms with Crippen molar-refractivity contribution in [3.05, 3.63) is 59.1 Å². The predicted octanol–water partition coefficient (Wildman–Crippen LogP) is 3.43. The molecule has 3 aromatic rings. The molecule has 1 N–H and O–H groups in total. The Morgan fingerprint density at radius 2 is 2.03 bits per heavy atom. The summed E-state index contributed by atoms with van der Waals surface area (Å²) < 4.78 is 25.5. The van der Waals surface area contributed by atoms with E-state index >= 15 is 0 Å². The SMILES string of the molecule is CC(=O)c1cccc(NC(=O)c2cc(-c3cccs3)n([C@H]3CCS(=O)(=O)C3)n2)c1. The van der Waals surface area contributed by atoms with Crippen LogP contribution < -0.4 is 5.32 Å². The fourth-order valence-electron chi connectivity index (χ4n) is 3.37. The second-order valence-electron chi connectivity index (χ2n) is 6.98. The highest BCUT2D eigenvalue weighted by molar-refractivity contribution is 7.91. The van der Waals surface area contributed by atoms with Gasteiger partial charge in [0, 0.05) is 11.3 Å². The number of amides is 1. The predicted molar refractivity (Wildman–Crippen MR) is 112 cm³/mol. The monoisotopic (exact) mass is 429 g/mol. The maximum Gasteiger partial charge on any atom is 0.276 e. The first-order chi connectivity index (χ1) is 13.8. The normalized spacial score (nSPS) is 17.9. The fourth-order valence-corrected chi connectivity index (χ4v) is 5.80. The van der Waals surface area contributed by atoms with E-state index < -0.39 is 15.7 Å². The first kappa shape index (κ1) is 19.5. The summed E-state index contributed by atoms with van der Waals surface area (Å²) in [4.78, 5) is 25.3. The van der Waals surface area contributed by atoms with E-state index in [1.54, 1.807) is 35.0 Å². The Morgan fingerprint density at radius 3 is 2.69 bits per heavy atom. The second kappa shape index (κ2) is 7.57. The van der Waals surface area contributed by atoms with Gasteiger partial charge in [0.2, 0.25) is 0 Å². The smallest absolute Gasteiger partial charge is 0.276 e. The van der Waals surface area contributed by atoms with Crippen LogP contribution in [0.25, 0.3) is 10.6 Å². The standard InChI is InChI=1S/C20H19N3O4S2/c1-13(24)14-4-2-5-15(10-14)21-20(25)17-11-18(19-6-3-8-28-19)23(22-17)16-7-9-29(26,27)12-16/h2-6,8,10-11,16H,7,9,12H2,1H3,(H,21,25)/t16-/m0/s1. The van der Waals surface area contributed by atoms with Crippen LogP contribution in [-0.4, -0.2) is 41.4 Å². The van der Waals surface area contributed by atoms with Crippen molar-refractivity contribution >= 4 is 38.6 Å². The van der Waals surface area contributed by atoms with Crippen LogP contribution in [0.5, 0.6) is 0 Å².